The van der Waals surface area contributed by atoms with Gasteiger partial charge in [-0.1, -0.05) is 0 Å². The maximum Gasteiger partial charge on any atom is 0.227 e. The van der Waals surface area contributed by atoms with E-state index in [0.717, 1.165) is 61.0 Å². The Morgan fingerprint density at radius 1 is 1.17 bits per heavy atom. The summed E-state index contributed by atoms with van der Waals surface area (Å²) < 4.78 is 0. The van der Waals surface area contributed by atoms with Crippen LogP contribution in [0, 0.1) is 5.92 Å². The highest BCUT2D eigenvalue weighted by Gasteiger charge is 2.22. The molecule has 0 saturated carbocycles. The molecule has 2 aromatic rings. The minimum Gasteiger partial charge on any atom is -0.396 e. The number of aromatic nitrogens is 1. The van der Waals surface area contributed by atoms with Gasteiger partial charge in [0.1, 0.15) is 5.82 Å². The van der Waals surface area contributed by atoms with E-state index in [4.69, 9.17) is 5.11 Å². The molecule has 6 nitrogen and oxygen atoms in total. The van der Waals surface area contributed by atoms with Gasteiger partial charge in [0.25, 0.3) is 0 Å². The second kappa shape index (κ2) is 8.82. The molecule has 2 aliphatic heterocycles. The number of nitrogens with zero attached hydrogens (tertiary/aromatic N) is 3. The number of aryl methyl sites for hydroxylation is 1. The average Bonchev–Trinajstić information content (AvgIpc) is 2.76. The summed E-state index contributed by atoms with van der Waals surface area (Å²) in [5, 5.41) is 12.4. The predicted octanol–water partition coefficient (Wildman–Crippen LogP) is 3.72. The van der Waals surface area contributed by atoms with Crippen LogP contribution in [-0.2, 0) is 11.2 Å². The van der Waals surface area contributed by atoms with Crippen LogP contribution < -0.4 is 15.1 Å². The van der Waals surface area contributed by atoms with E-state index in [1.807, 2.05) is 19.3 Å². The third kappa shape index (κ3) is 4.53. The molecule has 0 atom stereocenters. The minimum absolute atomic E-state index is 0.152. The molecule has 1 fully saturated rings. The summed E-state index contributed by atoms with van der Waals surface area (Å²) in [6.07, 6.45) is 7.65. The van der Waals surface area contributed by atoms with Crippen molar-refractivity contribution in [2.75, 3.05) is 41.9 Å². The molecule has 1 saturated heterocycles. The van der Waals surface area contributed by atoms with E-state index in [-0.39, 0.29) is 5.91 Å². The molecule has 0 radical (unpaired) electrons. The number of benzene rings is 1. The Morgan fingerprint density at radius 3 is 2.66 bits per heavy atom. The number of aliphatic hydroxyl groups excluding tert-OH is 1. The quantitative estimate of drug-likeness (QED) is 0.781. The average molecular weight is 395 g/mol. The molecule has 4 rings (SSSR count). The van der Waals surface area contributed by atoms with E-state index >= 15 is 0 Å². The number of anilines is 4. The highest BCUT2D eigenvalue weighted by atomic mass is 16.2. The van der Waals surface area contributed by atoms with Gasteiger partial charge >= 0.3 is 0 Å². The Labute approximate surface area is 172 Å². The largest absolute Gasteiger partial charge is 0.396 e. The van der Waals surface area contributed by atoms with Crippen molar-refractivity contribution in [2.45, 2.75) is 38.5 Å². The van der Waals surface area contributed by atoms with Gasteiger partial charge in [0, 0.05) is 56.8 Å². The number of pyridine rings is 1. The minimum atomic E-state index is 0.152. The van der Waals surface area contributed by atoms with Crippen molar-refractivity contribution in [3.05, 3.63) is 42.1 Å². The Kier molecular flexibility index (Phi) is 6.00. The first-order valence-electron chi connectivity index (χ1n) is 10.6. The number of amides is 1. The summed E-state index contributed by atoms with van der Waals surface area (Å²) in [4.78, 5) is 20.6. The van der Waals surface area contributed by atoms with E-state index in [1.165, 1.54) is 18.5 Å². The van der Waals surface area contributed by atoms with E-state index in [1.54, 1.807) is 4.90 Å². The number of carbonyl (C=O) groups excluding carboxylic acids is 1. The van der Waals surface area contributed by atoms with Crippen LogP contribution in [0.5, 0.6) is 0 Å². The predicted molar refractivity (Wildman–Crippen MR) is 117 cm³/mol. The van der Waals surface area contributed by atoms with E-state index in [0.29, 0.717) is 13.0 Å². The van der Waals surface area contributed by atoms with E-state index < -0.39 is 0 Å². The van der Waals surface area contributed by atoms with Gasteiger partial charge in [-0.25, -0.2) is 4.98 Å². The van der Waals surface area contributed by atoms with Crippen LogP contribution in [-0.4, -0.2) is 42.7 Å². The van der Waals surface area contributed by atoms with E-state index in [9.17, 15) is 4.79 Å². The molecule has 6 heteroatoms. The van der Waals surface area contributed by atoms with E-state index in [2.05, 4.69) is 39.5 Å². The molecule has 2 aliphatic rings. The molecule has 1 aromatic heterocycles. The van der Waals surface area contributed by atoms with Crippen LogP contribution in [0.2, 0.25) is 0 Å². The third-order valence-electron chi connectivity index (χ3n) is 6.20. The fourth-order valence-electron chi connectivity index (χ4n) is 4.35. The molecular formula is C23H30N4O2. The Hall–Kier alpha value is -2.60. The topological polar surface area (TPSA) is 68.7 Å². The summed E-state index contributed by atoms with van der Waals surface area (Å²) in [5.74, 6) is 1.65. The lowest BCUT2D eigenvalue weighted by Crippen LogP contribution is -2.33. The maximum atomic E-state index is 12.0. The molecule has 0 aliphatic carbocycles. The molecule has 1 amide bonds. The summed E-state index contributed by atoms with van der Waals surface area (Å²) in [6, 6.07) is 10.4. The van der Waals surface area contributed by atoms with Crippen LogP contribution in [0.1, 0.15) is 37.7 Å². The van der Waals surface area contributed by atoms with Crippen LogP contribution in [0.25, 0.3) is 0 Å². The Bertz CT molecular complexity index is 844. The fourth-order valence-corrected chi connectivity index (χ4v) is 4.35. The van der Waals surface area contributed by atoms with Crippen molar-refractivity contribution < 1.29 is 9.90 Å². The molecule has 0 spiro atoms. The number of hydrogen-bond donors (Lipinski definition) is 2. The summed E-state index contributed by atoms with van der Waals surface area (Å²) in [6.45, 7) is 2.46. The molecule has 1 aromatic carbocycles. The van der Waals surface area contributed by atoms with Crippen molar-refractivity contribution in [1.82, 2.24) is 4.98 Å². The summed E-state index contributed by atoms with van der Waals surface area (Å²) >= 11 is 0. The van der Waals surface area contributed by atoms with Gasteiger partial charge in [-0.15, -0.1) is 0 Å². The van der Waals surface area contributed by atoms with Gasteiger partial charge < -0.3 is 20.2 Å². The van der Waals surface area contributed by atoms with Gasteiger partial charge in [0.05, 0.1) is 5.69 Å². The molecule has 0 bridgehead atoms. The Balaban J connectivity index is 1.37. The van der Waals surface area contributed by atoms with Gasteiger partial charge in [-0.3, -0.25) is 4.79 Å². The first-order valence-corrected chi connectivity index (χ1v) is 10.6. The van der Waals surface area contributed by atoms with Crippen molar-refractivity contribution in [3.8, 4) is 0 Å². The number of hydrogen-bond acceptors (Lipinski definition) is 5. The molecule has 29 heavy (non-hydrogen) atoms. The molecule has 3 heterocycles. The summed E-state index contributed by atoms with van der Waals surface area (Å²) in [5.41, 5.74) is 4.30. The van der Waals surface area contributed by atoms with Crippen molar-refractivity contribution >= 4 is 28.8 Å². The lowest BCUT2D eigenvalue weighted by atomic mass is 9.92. The van der Waals surface area contributed by atoms with Gasteiger partial charge in [-0.05, 0) is 67.9 Å². The first-order chi connectivity index (χ1) is 14.1. The monoisotopic (exact) mass is 394 g/mol. The second-order valence-electron chi connectivity index (χ2n) is 8.12. The van der Waals surface area contributed by atoms with Gasteiger partial charge in [0.2, 0.25) is 5.91 Å². The lowest BCUT2D eigenvalue weighted by Gasteiger charge is -2.33. The van der Waals surface area contributed by atoms with Gasteiger partial charge in [0.15, 0.2) is 0 Å². The fraction of sp³-hybridized carbons (Fsp3) is 0.478. The normalized spacial score (nSPS) is 17.4. The smallest absolute Gasteiger partial charge is 0.227 e. The maximum absolute atomic E-state index is 12.0. The number of aliphatic hydroxyl groups is 1. The zero-order valence-corrected chi connectivity index (χ0v) is 17.1. The summed E-state index contributed by atoms with van der Waals surface area (Å²) in [7, 11) is 1.83. The van der Waals surface area contributed by atoms with Crippen LogP contribution >= 0.6 is 0 Å². The first kappa shape index (κ1) is 19.7. The standard InChI is InChI=1S/C23H30N4O2/c1-26-21-15-22(24-16-18(21)4-9-23(26)29)25-19-5-7-20(8-6-19)27-12-10-17(11-13-27)3-2-14-28/h5-8,15-17,28H,2-4,9-14H2,1H3,(H,24,25). The zero-order chi connectivity index (χ0) is 20.2. The lowest BCUT2D eigenvalue weighted by molar-refractivity contribution is -0.118. The third-order valence-corrected chi connectivity index (χ3v) is 6.20. The van der Waals surface area contributed by atoms with Gasteiger partial charge in [-0.2, -0.15) is 0 Å². The highest BCUT2D eigenvalue weighted by Crippen LogP contribution is 2.30. The van der Waals surface area contributed by atoms with Crippen molar-refractivity contribution in [3.63, 3.8) is 0 Å². The molecule has 154 valence electrons. The SMILES string of the molecule is CN1C(=O)CCc2cnc(Nc3ccc(N4CCC(CCCO)CC4)cc3)cc21. The second-order valence-corrected chi connectivity index (χ2v) is 8.12. The number of fused-ring (bicyclic) bond motifs is 1. The molecular weight excluding hydrogens is 364 g/mol. The highest BCUT2D eigenvalue weighted by molar-refractivity contribution is 5.96. The van der Waals surface area contributed by atoms with Crippen LogP contribution in [0.15, 0.2) is 36.5 Å². The Morgan fingerprint density at radius 2 is 1.93 bits per heavy atom. The van der Waals surface area contributed by atoms with Crippen molar-refractivity contribution in [1.29, 1.82) is 0 Å². The number of carbonyl (C=O) groups is 1. The zero-order valence-electron chi connectivity index (χ0n) is 17.1. The number of rotatable bonds is 6. The van der Waals surface area contributed by atoms with Crippen LogP contribution in [0.3, 0.4) is 0 Å². The molecule has 2 N–H and O–H groups in total. The number of nitrogens with one attached hydrogen (secondary N) is 1. The van der Waals surface area contributed by atoms with Crippen molar-refractivity contribution in [2.24, 2.45) is 5.92 Å². The van der Waals surface area contributed by atoms with Crippen LogP contribution in [0.4, 0.5) is 22.9 Å². The number of piperidine rings is 1. The molecule has 0 unspecified atom stereocenters.